The van der Waals surface area contributed by atoms with E-state index in [0.717, 1.165) is 12.8 Å². The molecule has 110 valence electrons. The van der Waals surface area contributed by atoms with Gasteiger partial charge in [-0.2, -0.15) is 0 Å². The average Bonchev–Trinajstić information content (AvgIpc) is 2.98. The van der Waals surface area contributed by atoms with E-state index < -0.39 is 0 Å². The highest BCUT2D eigenvalue weighted by Crippen LogP contribution is 2.25. The molecule has 1 amide bonds. The average molecular weight is 294 g/mol. The normalized spacial score (nSPS) is 15.8. The van der Waals surface area contributed by atoms with Crippen molar-refractivity contribution in [3.05, 3.63) is 35.4 Å². The summed E-state index contributed by atoms with van der Waals surface area (Å²) in [6.45, 7) is 5.07. The highest BCUT2D eigenvalue weighted by Gasteiger charge is 2.26. The third-order valence-electron chi connectivity index (χ3n) is 4.20. The van der Waals surface area contributed by atoms with E-state index in [-0.39, 0.29) is 11.8 Å². The lowest BCUT2D eigenvalue weighted by Gasteiger charge is -2.28. The van der Waals surface area contributed by atoms with Crippen molar-refractivity contribution in [1.82, 2.24) is 4.90 Å². The Morgan fingerprint density at radius 3 is 2.35 bits per heavy atom. The maximum atomic E-state index is 12.1. The largest absolute Gasteiger partial charge is 0.334 e. The second-order valence-corrected chi connectivity index (χ2v) is 6.26. The Hall–Kier alpha value is -1.02. The van der Waals surface area contributed by atoms with Gasteiger partial charge in [0.05, 0.1) is 0 Å². The van der Waals surface area contributed by atoms with Crippen molar-refractivity contribution in [2.45, 2.75) is 58.0 Å². The standard InChI is InChI=1S/C17H24ClNO/c1-13(2)15-9-7-14(8-10-15)12-19(17(20)11-18)16-5-3-4-6-16/h7-10,13,16H,3-6,11-12H2,1-2H3. The first kappa shape index (κ1) is 15.4. The zero-order chi connectivity index (χ0) is 14.5. The van der Waals surface area contributed by atoms with Gasteiger partial charge in [0.25, 0.3) is 0 Å². The van der Waals surface area contributed by atoms with Gasteiger partial charge in [0.2, 0.25) is 5.91 Å². The van der Waals surface area contributed by atoms with Gasteiger partial charge < -0.3 is 4.90 Å². The Morgan fingerprint density at radius 1 is 1.25 bits per heavy atom. The molecule has 3 heteroatoms. The molecule has 0 saturated heterocycles. The van der Waals surface area contributed by atoms with Crippen molar-refractivity contribution in [2.24, 2.45) is 0 Å². The second kappa shape index (κ2) is 7.12. The molecule has 20 heavy (non-hydrogen) atoms. The fraction of sp³-hybridized carbons (Fsp3) is 0.588. The minimum Gasteiger partial charge on any atom is -0.334 e. The van der Waals surface area contributed by atoms with E-state index in [1.165, 1.54) is 24.0 Å². The lowest BCUT2D eigenvalue weighted by atomic mass is 10.0. The van der Waals surface area contributed by atoms with Crippen molar-refractivity contribution in [3.8, 4) is 0 Å². The first-order valence-corrected chi connectivity index (χ1v) is 8.09. The Morgan fingerprint density at radius 2 is 1.85 bits per heavy atom. The smallest absolute Gasteiger partial charge is 0.238 e. The second-order valence-electron chi connectivity index (χ2n) is 5.99. The summed E-state index contributed by atoms with van der Waals surface area (Å²) >= 11 is 5.77. The van der Waals surface area contributed by atoms with Crippen LogP contribution in [-0.2, 0) is 11.3 Å². The number of carbonyl (C=O) groups is 1. The summed E-state index contributed by atoms with van der Waals surface area (Å²) in [5.41, 5.74) is 2.53. The molecule has 0 atom stereocenters. The number of carbonyl (C=O) groups excluding carboxylic acids is 1. The van der Waals surface area contributed by atoms with Crippen molar-refractivity contribution < 1.29 is 4.79 Å². The molecule has 1 aromatic carbocycles. The zero-order valence-corrected chi connectivity index (χ0v) is 13.2. The fourth-order valence-electron chi connectivity index (χ4n) is 2.92. The number of benzene rings is 1. The van der Waals surface area contributed by atoms with Gasteiger partial charge in [-0.05, 0) is 29.9 Å². The third kappa shape index (κ3) is 3.76. The molecule has 0 unspecified atom stereocenters. The van der Waals surface area contributed by atoms with Crippen LogP contribution in [0.15, 0.2) is 24.3 Å². The van der Waals surface area contributed by atoms with Crippen molar-refractivity contribution in [3.63, 3.8) is 0 Å². The molecule has 1 aliphatic carbocycles. The topological polar surface area (TPSA) is 20.3 Å². The van der Waals surface area contributed by atoms with E-state index in [1.807, 2.05) is 4.90 Å². The molecule has 0 bridgehead atoms. The summed E-state index contributed by atoms with van der Waals surface area (Å²) in [5, 5.41) is 0. The van der Waals surface area contributed by atoms with Crippen LogP contribution in [0.1, 0.15) is 56.6 Å². The van der Waals surface area contributed by atoms with Crippen LogP contribution in [0.25, 0.3) is 0 Å². The molecule has 2 rings (SSSR count). The lowest BCUT2D eigenvalue weighted by Crippen LogP contribution is -2.39. The van der Waals surface area contributed by atoms with Gasteiger partial charge in [-0.3, -0.25) is 4.79 Å². The zero-order valence-electron chi connectivity index (χ0n) is 12.4. The Kier molecular flexibility index (Phi) is 5.47. The van der Waals surface area contributed by atoms with Crippen molar-refractivity contribution >= 4 is 17.5 Å². The third-order valence-corrected chi connectivity index (χ3v) is 4.43. The highest BCUT2D eigenvalue weighted by atomic mass is 35.5. The van der Waals surface area contributed by atoms with Gasteiger partial charge in [0.1, 0.15) is 5.88 Å². The first-order chi connectivity index (χ1) is 9.61. The predicted octanol–water partition coefficient (Wildman–Crippen LogP) is 4.32. The molecule has 1 fully saturated rings. The Bertz CT molecular complexity index is 435. The number of hydrogen-bond donors (Lipinski definition) is 0. The molecule has 1 aliphatic rings. The summed E-state index contributed by atoms with van der Waals surface area (Å²) in [5.74, 6) is 0.687. The number of hydrogen-bond acceptors (Lipinski definition) is 1. The van der Waals surface area contributed by atoms with E-state index in [2.05, 4.69) is 38.1 Å². The quantitative estimate of drug-likeness (QED) is 0.740. The number of nitrogens with zero attached hydrogens (tertiary/aromatic N) is 1. The molecule has 0 aliphatic heterocycles. The van der Waals surface area contributed by atoms with E-state index in [1.54, 1.807) is 0 Å². The SMILES string of the molecule is CC(C)c1ccc(CN(C(=O)CCl)C2CCCC2)cc1. The maximum absolute atomic E-state index is 12.1. The van der Waals surface area contributed by atoms with Crippen LogP contribution in [0.5, 0.6) is 0 Å². The van der Waals surface area contributed by atoms with Gasteiger partial charge in [0.15, 0.2) is 0 Å². The number of rotatable bonds is 5. The molecule has 1 saturated carbocycles. The molecule has 0 radical (unpaired) electrons. The fourth-order valence-corrected chi connectivity index (χ4v) is 3.07. The van der Waals surface area contributed by atoms with Gasteiger partial charge >= 0.3 is 0 Å². The molecule has 2 nitrogen and oxygen atoms in total. The molecule has 1 aromatic rings. The van der Waals surface area contributed by atoms with Gasteiger partial charge in [-0.1, -0.05) is 51.0 Å². The summed E-state index contributed by atoms with van der Waals surface area (Å²) in [6, 6.07) is 8.99. The van der Waals surface area contributed by atoms with Crippen molar-refractivity contribution in [1.29, 1.82) is 0 Å². The van der Waals surface area contributed by atoms with Crippen LogP contribution in [0, 0.1) is 0 Å². The molecular formula is C17H24ClNO. The number of alkyl halides is 1. The minimum absolute atomic E-state index is 0.0616. The molecule has 0 N–H and O–H groups in total. The van der Waals surface area contributed by atoms with Crippen LogP contribution >= 0.6 is 11.6 Å². The summed E-state index contributed by atoms with van der Waals surface area (Å²) in [7, 11) is 0. The molecule has 0 heterocycles. The Balaban J connectivity index is 2.08. The summed E-state index contributed by atoms with van der Waals surface area (Å²) < 4.78 is 0. The lowest BCUT2D eigenvalue weighted by molar-refractivity contribution is -0.131. The van der Waals surface area contributed by atoms with E-state index in [4.69, 9.17) is 11.6 Å². The van der Waals surface area contributed by atoms with E-state index >= 15 is 0 Å². The van der Waals surface area contributed by atoms with Crippen LogP contribution < -0.4 is 0 Å². The van der Waals surface area contributed by atoms with Crippen LogP contribution in [-0.4, -0.2) is 22.7 Å². The van der Waals surface area contributed by atoms with Gasteiger partial charge in [0, 0.05) is 12.6 Å². The number of amides is 1. The molecular weight excluding hydrogens is 270 g/mol. The predicted molar refractivity (Wildman–Crippen MR) is 84.1 cm³/mol. The minimum atomic E-state index is 0.0616. The van der Waals surface area contributed by atoms with Gasteiger partial charge in [-0.15, -0.1) is 11.6 Å². The first-order valence-electron chi connectivity index (χ1n) is 7.56. The van der Waals surface area contributed by atoms with Crippen molar-refractivity contribution in [2.75, 3.05) is 5.88 Å². The van der Waals surface area contributed by atoms with Crippen LogP contribution in [0.4, 0.5) is 0 Å². The van der Waals surface area contributed by atoms with Crippen LogP contribution in [0.3, 0.4) is 0 Å². The number of halogens is 1. The van der Waals surface area contributed by atoms with E-state index in [0.29, 0.717) is 18.5 Å². The Labute approximate surface area is 127 Å². The summed E-state index contributed by atoms with van der Waals surface area (Å²) in [6.07, 6.45) is 4.69. The molecule has 0 aromatic heterocycles. The monoisotopic (exact) mass is 293 g/mol. The molecule has 0 spiro atoms. The van der Waals surface area contributed by atoms with E-state index in [9.17, 15) is 4.79 Å². The summed E-state index contributed by atoms with van der Waals surface area (Å²) in [4.78, 5) is 14.0. The maximum Gasteiger partial charge on any atom is 0.238 e. The van der Waals surface area contributed by atoms with Gasteiger partial charge in [-0.25, -0.2) is 0 Å². The van der Waals surface area contributed by atoms with Crippen LogP contribution in [0.2, 0.25) is 0 Å². The highest BCUT2D eigenvalue weighted by molar-refractivity contribution is 6.27.